The van der Waals surface area contributed by atoms with Gasteiger partial charge in [0.05, 0.1) is 10.5 Å². The van der Waals surface area contributed by atoms with Crippen LogP contribution in [0, 0.1) is 35.3 Å². The van der Waals surface area contributed by atoms with Crippen molar-refractivity contribution >= 4 is 23.4 Å². The first-order valence-corrected chi connectivity index (χ1v) is 8.73. The van der Waals surface area contributed by atoms with Gasteiger partial charge in [-0.15, -0.1) is 0 Å². The molecule has 0 aliphatic carbocycles. The van der Waals surface area contributed by atoms with Gasteiger partial charge in [0.1, 0.15) is 23.2 Å². The molecule has 7 nitrogen and oxygen atoms in total. The molecule has 1 amide bonds. The molecule has 1 aromatic heterocycles. The molecule has 2 aromatic carbocycles. The number of benzene rings is 2. The summed E-state index contributed by atoms with van der Waals surface area (Å²) in [5.41, 5.74) is 2.50. The van der Waals surface area contributed by atoms with E-state index in [4.69, 9.17) is 4.42 Å². The Morgan fingerprint density at radius 3 is 2.45 bits per heavy atom. The van der Waals surface area contributed by atoms with Crippen LogP contribution in [0.25, 0.3) is 17.4 Å². The molecule has 0 radical (unpaired) electrons. The summed E-state index contributed by atoms with van der Waals surface area (Å²) in [5, 5.41) is 23.4. The van der Waals surface area contributed by atoms with Gasteiger partial charge in [-0.2, -0.15) is 5.26 Å². The quantitative estimate of drug-likeness (QED) is 0.286. The van der Waals surface area contributed by atoms with Gasteiger partial charge in [0.25, 0.3) is 11.6 Å². The molecule has 0 saturated heterocycles. The van der Waals surface area contributed by atoms with Gasteiger partial charge >= 0.3 is 0 Å². The zero-order valence-corrected chi connectivity index (χ0v) is 15.8. The minimum Gasteiger partial charge on any atom is -0.456 e. The molecule has 0 unspecified atom stereocenters. The molecule has 7 heteroatoms. The van der Waals surface area contributed by atoms with Gasteiger partial charge < -0.3 is 9.73 Å². The van der Waals surface area contributed by atoms with Crippen LogP contribution >= 0.6 is 0 Å². The lowest BCUT2D eigenvalue weighted by Crippen LogP contribution is -2.15. The van der Waals surface area contributed by atoms with E-state index in [1.807, 2.05) is 38.1 Å². The smallest absolute Gasteiger partial charge is 0.280 e. The molecule has 3 aromatic rings. The molecule has 0 aliphatic rings. The average molecular weight is 387 g/mol. The van der Waals surface area contributed by atoms with Crippen LogP contribution in [0.1, 0.15) is 16.9 Å². The van der Waals surface area contributed by atoms with Crippen molar-refractivity contribution in [2.45, 2.75) is 13.8 Å². The van der Waals surface area contributed by atoms with Crippen molar-refractivity contribution < 1.29 is 14.1 Å². The predicted octanol–water partition coefficient (Wildman–Crippen LogP) is 5.02. The summed E-state index contributed by atoms with van der Waals surface area (Å²) in [5.74, 6) is -0.0455. The fourth-order valence-corrected chi connectivity index (χ4v) is 2.90. The summed E-state index contributed by atoms with van der Waals surface area (Å²) >= 11 is 0. The molecule has 0 aliphatic heterocycles. The fraction of sp³-hybridized carbons (Fsp3) is 0.0909. The Bertz CT molecular complexity index is 1150. The maximum Gasteiger partial charge on any atom is 0.280 e. The predicted molar refractivity (Wildman–Crippen MR) is 109 cm³/mol. The number of nitrogens with one attached hydrogen (secondary N) is 1. The molecule has 144 valence electrons. The van der Waals surface area contributed by atoms with E-state index in [0.717, 1.165) is 11.1 Å². The zero-order chi connectivity index (χ0) is 21.0. The standard InChI is InChI=1S/C22H17N3O4/c1-14-6-5-7-15(2)21(14)24-22(26)16(13-23)12-17-10-11-20(29-17)18-8-3-4-9-19(18)25(27)28/h3-12H,1-2H3,(H,24,26)/b16-12+. The zero-order valence-electron chi connectivity index (χ0n) is 15.8. The highest BCUT2D eigenvalue weighted by Crippen LogP contribution is 2.31. The fourth-order valence-electron chi connectivity index (χ4n) is 2.90. The summed E-state index contributed by atoms with van der Waals surface area (Å²) in [4.78, 5) is 23.2. The topological polar surface area (TPSA) is 109 Å². The maximum atomic E-state index is 12.5. The molecule has 1 heterocycles. The van der Waals surface area contributed by atoms with Gasteiger partial charge in [-0.05, 0) is 43.2 Å². The van der Waals surface area contributed by atoms with Crippen LogP contribution < -0.4 is 5.32 Å². The Hall–Kier alpha value is -4.18. The third-order valence-corrected chi connectivity index (χ3v) is 4.36. The Balaban J connectivity index is 1.89. The van der Waals surface area contributed by atoms with Crippen LogP contribution in [-0.4, -0.2) is 10.8 Å². The van der Waals surface area contributed by atoms with Crippen LogP contribution in [0.4, 0.5) is 11.4 Å². The van der Waals surface area contributed by atoms with Crippen molar-refractivity contribution in [3.8, 4) is 17.4 Å². The largest absolute Gasteiger partial charge is 0.456 e. The van der Waals surface area contributed by atoms with Crippen LogP contribution in [0.15, 0.2) is 64.6 Å². The lowest BCUT2D eigenvalue weighted by Gasteiger charge is -2.10. The Labute approximate surface area is 167 Å². The van der Waals surface area contributed by atoms with Gasteiger partial charge in [0, 0.05) is 17.8 Å². The Kier molecular flexibility index (Phi) is 5.56. The molecule has 0 spiro atoms. The van der Waals surface area contributed by atoms with E-state index in [2.05, 4.69) is 5.32 Å². The lowest BCUT2D eigenvalue weighted by molar-refractivity contribution is -0.384. The van der Waals surface area contributed by atoms with Crippen molar-refractivity contribution in [3.05, 3.63) is 87.2 Å². The minimum atomic E-state index is -0.562. The third-order valence-electron chi connectivity index (χ3n) is 4.36. The molecule has 3 rings (SSSR count). The van der Waals surface area contributed by atoms with E-state index < -0.39 is 10.8 Å². The summed E-state index contributed by atoms with van der Waals surface area (Å²) < 4.78 is 5.63. The summed E-state index contributed by atoms with van der Waals surface area (Å²) in [7, 11) is 0. The monoisotopic (exact) mass is 387 g/mol. The molecular weight excluding hydrogens is 370 g/mol. The second-order valence-corrected chi connectivity index (χ2v) is 6.37. The molecule has 0 bridgehead atoms. The highest BCUT2D eigenvalue weighted by atomic mass is 16.6. The molecule has 0 atom stereocenters. The first-order chi connectivity index (χ1) is 13.9. The first kappa shape index (κ1) is 19.6. The number of hydrogen-bond acceptors (Lipinski definition) is 5. The lowest BCUT2D eigenvalue weighted by atomic mass is 10.1. The van der Waals surface area contributed by atoms with Gasteiger partial charge in [-0.3, -0.25) is 14.9 Å². The molecule has 0 saturated carbocycles. The van der Waals surface area contributed by atoms with E-state index in [1.165, 1.54) is 12.1 Å². The number of aryl methyl sites for hydroxylation is 2. The number of rotatable bonds is 5. The first-order valence-electron chi connectivity index (χ1n) is 8.73. The Morgan fingerprint density at radius 2 is 1.79 bits per heavy atom. The number of nitrogens with zero attached hydrogens (tertiary/aromatic N) is 2. The van der Waals surface area contributed by atoms with E-state index in [1.54, 1.807) is 30.3 Å². The van der Waals surface area contributed by atoms with E-state index in [-0.39, 0.29) is 22.8 Å². The van der Waals surface area contributed by atoms with Crippen molar-refractivity contribution in [1.29, 1.82) is 5.26 Å². The number of anilines is 1. The van der Waals surface area contributed by atoms with Gasteiger partial charge in [0.2, 0.25) is 0 Å². The van der Waals surface area contributed by atoms with E-state index in [0.29, 0.717) is 11.3 Å². The van der Waals surface area contributed by atoms with E-state index >= 15 is 0 Å². The number of carbonyl (C=O) groups is 1. The van der Waals surface area contributed by atoms with Crippen LogP contribution in [-0.2, 0) is 4.79 Å². The van der Waals surface area contributed by atoms with Crippen LogP contribution in [0.5, 0.6) is 0 Å². The highest BCUT2D eigenvalue weighted by Gasteiger charge is 2.18. The number of amides is 1. The highest BCUT2D eigenvalue weighted by molar-refractivity contribution is 6.10. The molecular formula is C22H17N3O4. The van der Waals surface area contributed by atoms with Gasteiger partial charge in [-0.25, -0.2) is 0 Å². The Morgan fingerprint density at radius 1 is 1.10 bits per heavy atom. The third kappa shape index (κ3) is 4.22. The average Bonchev–Trinajstić information content (AvgIpc) is 3.17. The van der Waals surface area contributed by atoms with Gasteiger partial charge in [-0.1, -0.05) is 30.3 Å². The summed E-state index contributed by atoms with van der Waals surface area (Å²) in [6, 6.07) is 16.8. The number of furan rings is 1. The normalized spacial score (nSPS) is 11.0. The summed E-state index contributed by atoms with van der Waals surface area (Å²) in [6.45, 7) is 3.73. The second kappa shape index (κ2) is 8.23. The number of carbonyl (C=O) groups excluding carboxylic acids is 1. The molecule has 0 fully saturated rings. The number of hydrogen-bond donors (Lipinski definition) is 1. The SMILES string of the molecule is Cc1cccc(C)c1NC(=O)/C(C#N)=C/c1ccc(-c2ccccc2[N+](=O)[O-])o1. The van der Waals surface area contributed by atoms with Crippen LogP contribution in [0.2, 0.25) is 0 Å². The maximum absolute atomic E-state index is 12.5. The second-order valence-electron chi connectivity index (χ2n) is 6.37. The van der Waals surface area contributed by atoms with Crippen molar-refractivity contribution in [2.75, 3.05) is 5.32 Å². The summed E-state index contributed by atoms with van der Waals surface area (Å²) in [6.07, 6.45) is 1.31. The van der Waals surface area contributed by atoms with Gasteiger partial charge in [0.15, 0.2) is 0 Å². The number of nitro groups is 1. The number of nitro benzene ring substituents is 1. The molecule has 1 N–H and O–H groups in total. The number of nitriles is 1. The number of para-hydroxylation sites is 2. The van der Waals surface area contributed by atoms with Crippen LogP contribution in [0.3, 0.4) is 0 Å². The van der Waals surface area contributed by atoms with E-state index in [9.17, 15) is 20.2 Å². The molecule has 29 heavy (non-hydrogen) atoms. The van der Waals surface area contributed by atoms with Crippen molar-refractivity contribution in [3.63, 3.8) is 0 Å². The minimum absolute atomic E-state index is 0.0920. The van der Waals surface area contributed by atoms with Crippen molar-refractivity contribution in [1.82, 2.24) is 0 Å². The van der Waals surface area contributed by atoms with Crippen molar-refractivity contribution in [2.24, 2.45) is 0 Å².